The van der Waals surface area contributed by atoms with Crippen molar-refractivity contribution >= 4 is 10.9 Å². The van der Waals surface area contributed by atoms with E-state index in [1.165, 1.54) is 17.7 Å². The summed E-state index contributed by atoms with van der Waals surface area (Å²) in [6.45, 7) is 8.54. The van der Waals surface area contributed by atoms with Crippen LogP contribution in [0.25, 0.3) is 10.9 Å². The van der Waals surface area contributed by atoms with E-state index in [9.17, 15) is 9.18 Å². The van der Waals surface area contributed by atoms with Crippen molar-refractivity contribution in [3.63, 3.8) is 0 Å². The van der Waals surface area contributed by atoms with Crippen LogP contribution < -0.4 is 5.56 Å². The minimum atomic E-state index is -0.442. The summed E-state index contributed by atoms with van der Waals surface area (Å²) in [6.07, 6.45) is 0. The molecule has 3 heterocycles. The maximum absolute atomic E-state index is 13.7. The van der Waals surface area contributed by atoms with Gasteiger partial charge in [-0.15, -0.1) is 5.10 Å². The standard InChI is InChI=1S/C31H32FN7O/c1-21-8-9-22(2)28-26(21)18-27(31(40)33-28)29(30-34-35-36-39(30)20-24-10-12-25(32)13-11-24)38-16-14-37(15-17-38)19-23-6-4-3-5-7-23/h3-13,18,29H,14-17,19-20H2,1-2H3,(H,33,40)/t29-/m1/s1. The van der Waals surface area contributed by atoms with Gasteiger partial charge in [-0.1, -0.05) is 54.6 Å². The molecule has 1 fully saturated rings. The van der Waals surface area contributed by atoms with Gasteiger partial charge in [0.05, 0.1) is 12.1 Å². The highest BCUT2D eigenvalue weighted by Gasteiger charge is 2.33. The minimum absolute atomic E-state index is 0.144. The first-order valence-electron chi connectivity index (χ1n) is 13.6. The zero-order chi connectivity index (χ0) is 27.6. The molecule has 40 heavy (non-hydrogen) atoms. The molecule has 0 saturated carbocycles. The van der Waals surface area contributed by atoms with Crippen molar-refractivity contribution in [2.45, 2.75) is 33.0 Å². The number of hydrogen-bond acceptors (Lipinski definition) is 6. The number of halogens is 1. The molecular formula is C31H32FN7O. The SMILES string of the molecule is Cc1ccc(C)c2[nH]c(=O)c([C@H](c3nnnn3Cc3ccc(F)cc3)N3CCN(Cc4ccccc4)CC3)cc12. The van der Waals surface area contributed by atoms with Gasteiger partial charge in [0.1, 0.15) is 11.9 Å². The van der Waals surface area contributed by atoms with Gasteiger partial charge in [-0.2, -0.15) is 0 Å². The Labute approximate surface area is 232 Å². The van der Waals surface area contributed by atoms with Crippen molar-refractivity contribution in [2.24, 2.45) is 0 Å². The van der Waals surface area contributed by atoms with E-state index in [1.807, 2.05) is 25.1 Å². The van der Waals surface area contributed by atoms with Crippen LogP contribution >= 0.6 is 0 Å². The van der Waals surface area contributed by atoms with Crippen molar-refractivity contribution in [1.82, 2.24) is 35.0 Å². The second kappa shape index (κ2) is 11.1. The van der Waals surface area contributed by atoms with E-state index >= 15 is 0 Å². The van der Waals surface area contributed by atoms with E-state index in [0.717, 1.165) is 60.3 Å². The van der Waals surface area contributed by atoms with Gasteiger partial charge >= 0.3 is 0 Å². The first-order valence-corrected chi connectivity index (χ1v) is 13.6. The molecule has 0 radical (unpaired) electrons. The first kappa shape index (κ1) is 26.0. The number of rotatable bonds is 7. The number of pyridine rings is 1. The highest BCUT2D eigenvalue weighted by Crippen LogP contribution is 2.30. The molecule has 0 aliphatic carbocycles. The van der Waals surface area contributed by atoms with Gasteiger partial charge in [-0.25, -0.2) is 9.07 Å². The van der Waals surface area contributed by atoms with Crippen molar-refractivity contribution in [3.8, 4) is 0 Å². The predicted molar refractivity (Wildman–Crippen MR) is 152 cm³/mol. The third-order valence-corrected chi connectivity index (χ3v) is 7.84. The van der Waals surface area contributed by atoms with Crippen LogP contribution in [0.1, 0.15) is 39.7 Å². The average Bonchev–Trinajstić information content (AvgIpc) is 3.42. The van der Waals surface area contributed by atoms with Gasteiger partial charge in [0.15, 0.2) is 5.82 Å². The molecule has 5 aromatic rings. The molecule has 0 unspecified atom stereocenters. The smallest absolute Gasteiger partial charge is 0.253 e. The molecule has 1 N–H and O–H groups in total. The Hall–Kier alpha value is -4.21. The maximum atomic E-state index is 13.7. The Balaban J connectivity index is 1.37. The lowest BCUT2D eigenvalue weighted by atomic mass is 9.99. The molecule has 204 valence electrons. The highest BCUT2D eigenvalue weighted by atomic mass is 19.1. The third-order valence-electron chi connectivity index (χ3n) is 7.84. The number of aromatic nitrogens is 5. The molecular weight excluding hydrogens is 505 g/mol. The lowest BCUT2D eigenvalue weighted by Crippen LogP contribution is -2.48. The molecule has 1 aliphatic rings. The predicted octanol–water partition coefficient (Wildman–Crippen LogP) is 4.23. The molecule has 1 saturated heterocycles. The second-order valence-corrected chi connectivity index (χ2v) is 10.6. The van der Waals surface area contributed by atoms with Gasteiger partial charge < -0.3 is 4.98 Å². The van der Waals surface area contributed by atoms with Crippen LogP contribution in [0.15, 0.2) is 77.6 Å². The first-order chi connectivity index (χ1) is 19.5. The van der Waals surface area contributed by atoms with Crippen LogP contribution in [-0.2, 0) is 13.1 Å². The van der Waals surface area contributed by atoms with E-state index in [-0.39, 0.29) is 11.4 Å². The number of piperazine rings is 1. The fourth-order valence-electron chi connectivity index (χ4n) is 5.60. The number of benzene rings is 3. The summed E-state index contributed by atoms with van der Waals surface area (Å²) in [5.74, 6) is 0.302. The van der Waals surface area contributed by atoms with Crippen LogP contribution in [0.2, 0.25) is 0 Å². The van der Waals surface area contributed by atoms with Crippen LogP contribution in [0.3, 0.4) is 0 Å². The van der Waals surface area contributed by atoms with E-state index in [2.05, 4.69) is 67.6 Å². The van der Waals surface area contributed by atoms with Crippen molar-refractivity contribution in [3.05, 3.63) is 123 Å². The molecule has 3 aromatic carbocycles. The van der Waals surface area contributed by atoms with Gasteiger partial charge in [0.2, 0.25) is 0 Å². The van der Waals surface area contributed by atoms with E-state index in [1.54, 1.807) is 16.8 Å². The molecule has 0 amide bonds. The van der Waals surface area contributed by atoms with Gasteiger partial charge in [-0.3, -0.25) is 14.6 Å². The Morgan fingerprint density at radius 3 is 2.33 bits per heavy atom. The summed E-state index contributed by atoms with van der Waals surface area (Å²) in [4.78, 5) is 21.6. The van der Waals surface area contributed by atoms with E-state index < -0.39 is 6.04 Å². The molecule has 2 aromatic heterocycles. The lowest BCUT2D eigenvalue weighted by Gasteiger charge is -2.38. The third kappa shape index (κ3) is 5.30. The number of fused-ring (bicyclic) bond motifs is 1. The Bertz CT molecular complexity index is 1670. The van der Waals surface area contributed by atoms with Crippen LogP contribution in [-0.4, -0.2) is 61.2 Å². The molecule has 0 spiro atoms. The van der Waals surface area contributed by atoms with Crippen molar-refractivity contribution in [1.29, 1.82) is 0 Å². The Morgan fingerprint density at radius 1 is 0.875 bits per heavy atom. The zero-order valence-electron chi connectivity index (χ0n) is 22.7. The number of aryl methyl sites for hydroxylation is 2. The molecule has 9 heteroatoms. The summed E-state index contributed by atoms with van der Waals surface area (Å²) in [5, 5.41) is 13.8. The summed E-state index contributed by atoms with van der Waals surface area (Å²) < 4.78 is 15.3. The summed E-state index contributed by atoms with van der Waals surface area (Å²) in [5.41, 5.74) is 5.60. The highest BCUT2D eigenvalue weighted by molar-refractivity contribution is 5.85. The summed E-state index contributed by atoms with van der Waals surface area (Å²) >= 11 is 0. The van der Waals surface area contributed by atoms with Crippen LogP contribution in [0.5, 0.6) is 0 Å². The lowest BCUT2D eigenvalue weighted by molar-refractivity contribution is 0.0998. The van der Waals surface area contributed by atoms with Gasteiger partial charge in [-0.05, 0) is 64.7 Å². The van der Waals surface area contributed by atoms with E-state index in [4.69, 9.17) is 0 Å². The largest absolute Gasteiger partial charge is 0.321 e. The molecule has 0 bridgehead atoms. The van der Waals surface area contributed by atoms with Crippen LogP contribution in [0.4, 0.5) is 4.39 Å². The van der Waals surface area contributed by atoms with Gasteiger partial charge in [0, 0.05) is 43.7 Å². The van der Waals surface area contributed by atoms with Gasteiger partial charge in [0.25, 0.3) is 5.56 Å². The Kier molecular flexibility index (Phi) is 7.23. The second-order valence-electron chi connectivity index (χ2n) is 10.6. The molecule has 6 rings (SSSR count). The number of tetrazole rings is 1. The number of hydrogen-bond donors (Lipinski definition) is 1. The number of H-pyrrole nitrogens is 1. The average molecular weight is 538 g/mol. The normalized spacial score (nSPS) is 15.5. The molecule has 1 atom stereocenters. The fraction of sp³-hybridized carbons (Fsp3) is 0.290. The maximum Gasteiger partial charge on any atom is 0.253 e. The molecule has 1 aliphatic heterocycles. The summed E-state index contributed by atoms with van der Waals surface area (Å²) in [7, 11) is 0. The number of nitrogens with zero attached hydrogens (tertiary/aromatic N) is 6. The molecule has 8 nitrogen and oxygen atoms in total. The van der Waals surface area contributed by atoms with Crippen LogP contribution in [0, 0.1) is 19.7 Å². The number of nitrogens with one attached hydrogen (secondary N) is 1. The number of aromatic amines is 1. The zero-order valence-corrected chi connectivity index (χ0v) is 22.7. The fourth-order valence-corrected chi connectivity index (χ4v) is 5.60. The van der Waals surface area contributed by atoms with Crippen molar-refractivity contribution in [2.75, 3.05) is 26.2 Å². The Morgan fingerprint density at radius 2 is 1.57 bits per heavy atom. The van der Waals surface area contributed by atoms with Crippen molar-refractivity contribution < 1.29 is 4.39 Å². The monoisotopic (exact) mass is 537 g/mol. The summed E-state index contributed by atoms with van der Waals surface area (Å²) in [6, 6.07) is 22.5. The quantitative estimate of drug-likeness (QED) is 0.335. The topological polar surface area (TPSA) is 82.9 Å². The van der Waals surface area contributed by atoms with E-state index in [0.29, 0.717) is 17.9 Å². The minimum Gasteiger partial charge on any atom is -0.321 e.